The molecule has 1 N–H and O–H groups in total. The molecule has 0 aromatic rings. The third kappa shape index (κ3) is 2.14. The number of carbonyl (C=O) groups excluding carboxylic acids is 1. The number of aliphatic hydroxyl groups excluding tert-OH is 1. The predicted molar refractivity (Wildman–Crippen MR) is 89.4 cm³/mol. The van der Waals surface area contributed by atoms with E-state index in [1.54, 1.807) is 0 Å². The fourth-order valence-corrected chi connectivity index (χ4v) is 5.54. The molecule has 122 valence electrons. The fraction of sp³-hybridized carbons (Fsp3) is 0.750. The molecular weight excluding hydrogens is 272 g/mol. The summed E-state index contributed by atoms with van der Waals surface area (Å²) in [6.45, 7) is 11.0. The third-order valence-corrected chi connectivity index (χ3v) is 7.21. The Morgan fingerprint density at radius 3 is 2.64 bits per heavy atom. The molecular formula is C20H30O2. The van der Waals surface area contributed by atoms with Crippen LogP contribution in [0.5, 0.6) is 0 Å². The van der Waals surface area contributed by atoms with Gasteiger partial charge in [-0.25, -0.2) is 0 Å². The molecule has 0 aromatic carbocycles. The molecule has 0 heterocycles. The van der Waals surface area contributed by atoms with Crippen LogP contribution in [0.15, 0.2) is 23.8 Å². The molecule has 0 amide bonds. The zero-order chi connectivity index (χ0) is 16.2. The molecule has 0 aliphatic heterocycles. The Kier molecular flexibility index (Phi) is 3.67. The van der Waals surface area contributed by atoms with Gasteiger partial charge in [0.25, 0.3) is 0 Å². The summed E-state index contributed by atoms with van der Waals surface area (Å²) in [6.07, 6.45) is 9.03. The molecule has 1 saturated carbocycles. The number of allylic oxidation sites excluding steroid dienone is 3. The van der Waals surface area contributed by atoms with E-state index >= 15 is 0 Å². The summed E-state index contributed by atoms with van der Waals surface area (Å²) in [4.78, 5) is 12.9. The highest BCUT2D eigenvalue weighted by Gasteiger charge is 2.55. The normalized spacial score (nSPS) is 45.3. The number of Topliss-reactive ketones (excluding diaryl/α,β-unsaturated/α-hetero) is 1. The van der Waals surface area contributed by atoms with E-state index in [1.165, 1.54) is 12.0 Å². The molecule has 0 bridgehead atoms. The smallest absolute Gasteiger partial charge is 0.159 e. The molecule has 0 spiro atoms. The van der Waals surface area contributed by atoms with Crippen molar-refractivity contribution in [1.82, 2.24) is 0 Å². The number of carbonyl (C=O) groups is 1. The summed E-state index contributed by atoms with van der Waals surface area (Å²) in [5.41, 5.74) is 2.62. The number of rotatable bonds is 2. The topological polar surface area (TPSA) is 37.3 Å². The minimum absolute atomic E-state index is 0.0760. The van der Waals surface area contributed by atoms with E-state index in [1.807, 2.05) is 6.08 Å². The Morgan fingerprint density at radius 2 is 2.00 bits per heavy atom. The van der Waals surface area contributed by atoms with E-state index in [2.05, 4.69) is 27.4 Å². The molecule has 3 aliphatic carbocycles. The van der Waals surface area contributed by atoms with Crippen LogP contribution in [0.4, 0.5) is 0 Å². The largest absolute Gasteiger partial charge is 0.396 e. The van der Waals surface area contributed by atoms with Gasteiger partial charge in [-0.15, -0.1) is 6.58 Å². The first-order valence-corrected chi connectivity index (χ1v) is 8.78. The maximum absolute atomic E-state index is 12.9. The summed E-state index contributed by atoms with van der Waals surface area (Å²) in [6, 6.07) is 0. The lowest BCUT2D eigenvalue weighted by Gasteiger charge is -2.57. The van der Waals surface area contributed by atoms with Crippen LogP contribution in [0.1, 0.15) is 65.7 Å². The van der Waals surface area contributed by atoms with Gasteiger partial charge in [0.1, 0.15) is 0 Å². The fourth-order valence-electron chi connectivity index (χ4n) is 5.54. The Morgan fingerprint density at radius 1 is 1.27 bits per heavy atom. The number of ketones is 1. The van der Waals surface area contributed by atoms with Crippen molar-refractivity contribution in [3.63, 3.8) is 0 Å². The minimum atomic E-state index is -0.0968. The van der Waals surface area contributed by atoms with Gasteiger partial charge in [-0.05, 0) is 59.8 Å². The van der Waals surface area contributed by atoms with Crippen LogP contribution in [0.2, 0.25) is 0 Å². The standard InChI is InChI=1S/C20H30O2/c1-5-18(2)10-7-15-14(12-18)16(22)11-17-19(3,13-21)8-6-9-20(15,17)4/h5,17,21H,1,6-13H2,2-4H3. The van der Waals surface area contributed by atoms with Gasteiger partial charge in [0.05, 0.1) is 0 Å². The lowest BCUT2D eigenvalue weighted by Crippen LogP contribution is -2.51. The van der Waals surface area contributed by atoms with E-state index in [-0.39, 0.29) is 22.9 Å². The Labute approximate surface area is 134 Å². The number of aliphatic hydroxyl groups is 1. The molecule has 0 radical (unpaired) electrons. The molecule has 22 heavy (non-hydrogen) atoms. The molecule has 0 aromatic heterocycles. The van der Waals surface area contributed by atoms with Crippen molar-refractivity contribution >= 4 is 5.78 Å². The first-order chi connectivity index (χ1) is 10.3. The molecule has 2 heteroatoms. The Balaban J connectivity index is 2.06. The molecule has 4 atom stereocenters. The van der Waals surface area contributed by atoms with Gasteiger partial charge in [0.15, 0.2) is 5.78 Å². The van der Waals surface area contributed by atoms with Crippen molar-refractivity contribution < 1.29 is 9.90 Å². The first-order valence-electron chi connectivity index (χ1n) is 8.78. The van der Waals surface area contributed by atoms with Crippen LogP contribution in [0.25, 0.3) is 0 Å². The zero-order valence-electron chi connectivity index (χ0n) is 14.4. The van der Waals surface area contributed by atoms with Crippen molar-refractivity contribution in [3.8, 4) is 0 Å². The maximum atomic E-state index is 12.9. The highest BCUT2D eigenvalue weighted by Crippen LogP contribution is 2.62. The van der Waals surface area contributed by atoms with Crippen molar-refractivity contribution in [2.75, 3.05) is 6.61 Å². The lowest BCUT2D eigenvalue weighted by atomic mass is 9.47. The van der Waals surface area contributed by atoms with Crippen molar-refractivity contribution in [1.29, 1.82) is 0 Å². The maximum Gasteiger partial charge on any atom is 0.159 e. The van der Waals surface area contributed by atoms with E-state index in [0.29, 0.717) is 18.1 Å². The van der Waals surface area contributed by atoms with Crippen LogP contribution in [-0.2, 0) is 4.79 Å². The number of hydrogen-bond donors (Lipinski definition) is 1. The summed E-state index contributed by atoms with van der Waals surface area (Å²) in [5.74, 6) is 0.643. The molecule has 1 fully saturated rings. The van der Waals surface area contributed by atoms with E-state index in [0.717, 1.165) is 37.7 Å². The van der Waals surface area contributed by atoms with Gasteiger partial charge in [-0.1, -0.05) is 38.8 Å². The second-order valence-corrected chi connectivity index (χ2v) is 8.76. The quantitative estimate of drug-likeness (QED) is 0.766. The Hall–Kier alpha value is -0.890. The molecule has 3 aliphatic rings. The number of fused-ring (bicyclic) bond motifs is 2. The van der Waals surface area contributed by atoms with Gasteiger partial charge in [0.2, 0.25) is 0 Å². The third-order valence-electron chi connectivity index (χ3n) is 7.21. The lowest BCUT2D eigenvalue weighted by molar-refractivity contribution is -0.124. The predicted octanol–water partition coefficient (Wildman–Crippen LogP) is 4.44. The van der Waals surface area contributed by atoms with Gasteiger partial charge in [-0.3, -0.25) is 4.79 Å². The minimum Gasteiger partial charge on any atom is -0.396 e. The summed E-state index contributed by atoms with van der Waals surface area (Å²) in [5, 5.41) is 9.97. The van der Waals surface area contributed by atoms with Crippen molar-refractivity contribution in [2.45, 2.75) is 65.7 Å². The van der Waals surface area contributed by atoms with Crippen molar-refractivity contribution in [3.05, 3.63) is 23.8 Å². The summed E-state index contributed by atoms with van der Waals surface area (Å²) in [7, 11) is 0. The Bertz CT molecular complexity index is 546. The molecule has 2 nitrogen and oxygen atoms in total. The van der Waals surface area contributed by atoms with Crippen LogP contribution in [-0.4, -0.2) is 17.5 Å². The zero-order valence-corrected chi connectivity index (χ0v) is 14.4. The van der Waals surface area contributed by atoms with Crippen LogP contribution < -0.4 is 0 Å². The van der Waals surface area contributed by atoms with E-state index < -0.39 is 0 Å². The molecule has 3 rings (SSSR count). The second-order valence-electron chi connectivity index (χ2n) is 8.76. The van der Waals surface area contributed by atoms with Gasteiger partial charge < -0.3 is 5.11 Å². The van der Waals surface area contributed by atoms with Crippen LogP contribution in [0, 0.1) is 22.2 Å². The van der Waals surface area contributed by atoms with E-state index in [9.17, 15) is 9.90 Å². The van der Waals surface area contributed by atoms with Gasteiger partial charge >= 0.3 is 0 Å². The van der Waals surface area contributed by atoms with Gasteiger partial charge in [-0.2, -0.15) is 0 Å². The van der Waals surface area contributed by atoms with Crippen LogP contribution in [0.3, 0.4) is 0 Å². The van der Waals surface area contributed by atoms with Gasteiger partial charge in [0, 0.05) is 13.0 Å². The summed E-state index contributed by atoms with van der Waals surface area (Å²) < 4.78 is 0. The van der Waals surface area contributed by atoms with Crippen molar-refractivity contribution in [2.24, 2.45) is 22.2 Å². The average molecular weight is 302 g/mol. The monoisotopic (exact) mass is 302 g/mol. The highest BCUT2D eigenvalue weighted by atomic mass is 16.3. The van der Waals surface area contributed by atoms with E-state index in [4.69, 9.17) is 0 Å². The highest BCUT2D eigenvalue weighted by molar-refractivity contribution is 5.98. The van der Waals surface area contributed by atoms with Crippen LogP contribution >= 0.6 is 0 Å². The number of hydrogen-bond acceptors (Lipinski definition) is 2. The second kappa shape index (κ2) is 5.06. The molecule has 0 saturated heterocycles. The summed E-state index contributed by atoms with van der Waals surface area (Å²) >= 11 is 0. The first kappa shape index (κ1) is 16.0. The SMILES string of the molecule is C=CC1(C)CCC2=C(C1)C(=O)CC1C(C)(CO)CCCC21C. The average Bonchev–Trinajstić information content (AvgIpc) is 2.50. The molecule has 4 unspecified atom stereocenters.